The highest BCUT2D eigenvalue weighted by molar-refractivity contribution is 6.74. The Balaban J connectivity index is 1.96. The summed E-state index contributed by atoms with van der Waals surface area (Å²) >= 11 is 0. The predicted octanol–water partition coefficient (Wildman–Crippen LogP) is 9.78. The van der Waals surface area contributed by atoms with Gasteiger partial charge in [0.05, 0.1) is 19.6 Å². The van der Waals surface area contributed by atoms with E-state index in [2.05, 4.69) is 29.7 Å². The van der Waals surface area contributed by atoms with Crippen molar-refractivity contribution in [1.29, 1.82) is 0 Å². The summed E-state index contributed by atoms with van der Waals surface area (Å²) in [6.07, 6.45) is 0.736. The van der Waals surface area contributed by atoms with Crippen LogP contribution in [0.1, 0.15) is 106 Å². The molecule has 3 aromatic rings. The first-order chi connectivity index (χ1) is 20.5. The molecule has 0 fully saturated rings. The number of benzene rings is 3. The lowest BCUT2D eigenvalue weighted by Gasteiger charge is -2.15. The molecule has 0 aliphatic rings. The zero-order valence-electron chi connectivity index (χ0n) is 26.5. The summed E-state index contributed by atoms with van der Waals surface area (Å²) in [7, 11) is -3.29. The minimum Gasteiger partial charge on any atom is -0.507 e. The van der Waals surface area contributed by atoms with Crippen LogP contribution in [-0.2, 0) is 19.6 Å². The van der Waals surface area contributed by atoms with Crippen LogP contribution in [0.15, 0.2) is 84.3 Å². The van der Waals surface area contributed by atoms with Crippen LogP contribution in [0.4, 0.5) is 0 Å². The van der Waals surface area contributed by atoms with Gasteiger partial charge in [-0.2, -0.15) is 29.7 Å². The van der Waals surface area contributed by atoms with Crippen LogP contribution in [0.2, 0.25) is 6.04 Å². The van der Waals surface area contributed by atoms with Gasteiger partial charge in [-0.05, 0) is 34.4 Å². The van der Waals surface area contributed by atoms with Crippen molar-refractivity contribution >= 4 is 8.56 Å². The van der Waals surface area contributed by atoms with Crippen molar-refractivity contribution in [1.82, 2.24) is 0 Å². The quantitative estimate of drug-likeness (QED) is 0.125. The normalized spacial score (nSPS) is 12.7. The zero-order chi connectivity index (χ0) is 31.6. The van der Waals surface area contributed by atoms with Crippen molar-refractivity contribution in [3.05, 3.63) is 88.0 Å². The number of hydrogen-bond acceptors (Lipinski definition) is 9. The van der Waals surface area contributed by atoms with Gasteiger partial charge in [-0.15, -0.1) is 0 Å². The third kappa shape index (κ3) is 8.79. The first-order valence-corrected chi connectivity index (χ1v) is 17.1. The molecule has 0 bridgehead atoms. The van der Waals surface area contributed by atoms with E-state index in [0.29, 0.717) is 22.7 Å². The Morgan fingerprint density at radius 1 is 0.535 bits per heavy atom. The molecule has 0 spiro atoms. The number of nitrogens with zero attached hydrogens (tertiary/aromatic N) is 6. The van der Waals surface area contributed by atoms with Crippen molar-refractivity contribution in [3.63, 3.8) is 0 Å². The predicted molar refractivity (Wildman–Crippen MR) is 173 cm³/mol. The Morgan fingerprint density at radius 2 is 0.837 bits per heavy atom. The molecule has 230 valence electrons. The highest BCUT2D eigenvalue weighted by atomic mass is 28.4. The van der Waals surface area contributed by atoms with Crippen LogP contribution in [0.3, 0.4) is 0 Å². The Hall–Kier alpha value is -3.92. The average molecular weight is 603 g/mol. The van der Waals surface area contributed by atoms with Crippen LogP contribution >= 0.6 is 0 Å². The lowest BCUT2D eigenvalue weighted by atomic mass is 9.99. The molecule has 43 heavy (non-hydrogen) atoms. The van der Waals surface area contributed by atoms with E-state index >= 15 is 0 Å². The SMILES string of the molecule is CCC[Si](/N=N/Cc1cccc(C(C)C)c1O)(/N=N/Cc1cccc(C(C)C)c1O)/N=N/Cc1cccc(C(C)C)c1O. The van der Waals surface area contributed by atoms with Crippen LogP contribution in [0.5, 0.6) is 17.2 Å². The molecule has 3 aromatic carbocycles. The van der Waals surface area contributed by atoms with Gasteiger partial charge in [-0.1, -0.05) is 109 Å². The maximum atomic E-state index is 10.8. The number of rotatable bonds is 14. The molecule has 0 unspecified atom stereocenters. The zero-order valence-corrected chi connectivity index (χ0v) is 27.5. The van der Waals surface area contributed by atoms with Crippen molar-refractivity contribution in [2.75, 3.05) is 0 Å². The third-order valence-corrected chi connectivity index (χ3v) is 9.88. The molecule has 0 saturated heterocycles. The molecule has 10 heteroatoms. The Morgan fingerprint density at radius 3 is 1.09 bits per heavy atom. The van der Waals surface area contributed by atoms with Gasteiger partial charge in [0.25, 0.3) is 0 Å². The topological polar surface area (TPSA) is 135 Å². The molecule has 0 saturated carbocycles. The summed E-state index contributed by atoms with van der Waals surface area (Å²) < 4.78 is 14.0. The number of para-hydroxylation sites is 3. The molecule has 0 amide bonds. The molecule has 0 aliphatic carbocycles. The summed E-state index contributed by atoms with van der Waals surface area (Å²) in [6.45, 7) is 14.7. The van der Waals surface area contributed by atoms with E-state index in [4.69, 9.17) is 0 Å². The van der Waals surface area contributed by atoms with Gasteiger partial charge >= 0.3 is 8.56 Å². The van der Waals surface area contributed by atoms with Gasteiger partial charge < -0.3 is 15.3 Å². The largest absolute Gasteiger partial charge is 0.507 e. The second-order valence-electron chi connectivity index (χ2n) is 11.8. The fourth-order valence-electron chi connectivity index (χ4n) is 4.83. The average Bonchev–Trinajstić information content (AvgIpc) is 2.95. The van der Waals surface area contributed by atoms with Crippen LogP contribution in [-0.4, -0.2) is 23.9 Å². The molecular formula is C33H46N6O3Si. The number of aromatic hydroxyl groups is 3. The minimum absolute atomic E-state index is 0.171. The summed E-state index contributed by atoms with van der Waals surface area (Å²) in [6, 6.07) is 17.5. The fraction of sp³-hybridized carbons (Fsp3) is 0.455. The highest BCUT2D eigenvalue weighted by Gasteiger charge is 2.36. The van der Waals surface area contributed by atoms with Crippen molar-refractivity contribution < 1.29 is 15.3 Å². The van der Waals surface area contributed by atoms with E-state index in [0.717, 1.165) is 23.1 Å². The Labute approximate surface area is 256 Å². The van der Waals surface area contributed by atoms with E-state index in [1.165, 1.54) is 0 Å². The van der Waals surface area contributed by atoms with Gasteiger partial charge in [0.1, 0.15) is 17.2 Å². The highest BCUT2D eigenvalue weighted by Crippen LogP contribution is 2.32. The summed E-state index contributed by atoms with van der Waals surface area (Å²) in [5.74, 6) is 1.19. The third-order valence-electron chi connectivity index (χ3n) is 7.32. The van der Waals surface area contributed by atoms with E-state index in [9.17, 15) is 15.3 Å². The van der Waals surface area contributed by atoms with Gasteiger partial charge in [-0.25, -0.2) is 0 Å². The van der Waals surface area contributed by atoms with E-state index < -0.39 is 8.56 Å². The maximum absolute atomic E-state index is 10.8. The molecule has 0 radical (unpaired) electrons. The van der Waals surface area contributed by atoms with Gasteiger partial charge in [0.2, 0.25) is 0 Å². The molecule has 3 N–H and O–H groups in total. The molecule has 0 aliphatic heterocycles. The number of phenols is 3. The maximum Gasteiger partial charge on any atom is 0.490 e. The van der Waals surface area contributed by atoms with Crippen LogP contribution < -0.4 is 0 Å². The second-order valence-corrected chi connectivity index (χ2v) is 14.4. The standard InChI is InChI=1S/C33H46N6O3Si/c1-8-18-43(37-34-19-25-12-9-15-28(22(2)3)31(25)40,38-35-20-26-13-10-16-29(23(4)5)32(26)41)39-36-21-27-14-11-17-30(24(6)7)33(27)42/h9-17,22-24,40-42H,8,18-21H2,1-7H3/b37-34+,38-35+,39-36+. The monoisotopic (exact) mass is 602 g/mol. The molecule has 0 heterocycles. The smallest absolute Gasteiger partial charge is 0.490 e. The number of phenolic OH excluding ortho intramolecular Hbond substituents is 3. The number of hydrogen-bond donors (Lipinski definition) is 3. The van der Waals surface area contributed by atoms with Crippen LogP contribution in [0.25, 0.3) is 0 Å². The summed E-state index contributed by atoms with van der Waals surface area (Å²) in [4.78, 5) is 0. The first kappa shape index (κ1) is 33.6. The molecule has 9 nitrogen and oxygen atoms in total. The molecule has 3 rings (SSSR count). The van der Waals surface area contributed by atoms with Crippen molar-refractivity contribution in [2.45, 2.75) is 98.3 Å². The second kappa shape index (κ2) is 15.5. The van der Waals surface area contributed by atoms with Crippen molar-refractivity contribution in [2.24, 2.45) is 29.7 Å². The summed E-state index contributed by atoms with van der Waals surface area (Å²) in [5, 5.41) is 45.8. The van der Waals surface area contributed by atoms with Gasteiger partial charge in [0, 0.05) is 22.7 Å². The summed E-state index contributed by atoms with van der Waals surface area (Å²) in [5.41, 5.74) is 4.60. The molecule has 0 atom stereocenters. The fourth-order valence-corrected chi connectivity index (χ4v) is 6.82. The Kier molecular flexibility index (Phi) is 12.1. The van der Waals surface area contributed by atoms with Gasteiger partial charge in [-0.3, -0.25) is 0 Å². The first-order valence-electron chi connectivity index (χ1n) is 15.1. The van der Waals surface area contributed by atoms with Crippen LogP contribution in [0, 0.1) is 0 Å². The van der Waals surface area contributed by atoms with E-state index in [1.807, 2.05) is 103 Å². The van der Waals surface area contributed by atoms with Crippen molar-refractivity contribution in [3.8, 4) is 17.2 Å². The Bertz CT molecular complexity index is 1280. The lowest BCUT2D eigenvalue weighted by molar-refractivity contribution is 0.457. The van der Waals surface area contributed by atoms with Gasteiger partial charge in [0.15, 0.2) is 0 Å². The molecular weight excluding hydrogens is 556 g/mol. The van der Waals surface area contributed by atoms with E-state index in [-0.39, 0.29) is 54.6 Å². The lowest BCUT2D eigenvalue weighted by Crippen LogP contribution is -2.26. The minimum atomic E-state index is -3.29. The van der Waals surface area contributed by atoms with E-state index in [1.54, 1.807) is 0 Å². The molecule has 0 aromatic heterocycles.